The number of aliphatic hydroxyl groups excluding tert-OH is 1. The number of nitrogens with zero attached hydrogens (tertiary/aromatic N) is 2. The minimum Gasteiger partial charge on any atom is -0.492 e. The molecule has 0 aromatic heterocycles. The lowest BCUT2D eigenvalue weighted by Gasteiger charge is -2.44. The number of halogens is 3. The van der Waals surface area contributed by atoms with Crippen molar-refractivity contribution in [3.63, 3.8) is 0 Å². The molecule has 2 atom stereocenters. The van der Waals surface area contributed by atoms with Crippen LogP contribution in [0.3, 0.4) is 0 Å². The maximum absolute atomic E-state index is 14.4. The second-order valence-electron chi connectivity index (χ2n) is 7.28. The minimum atomic E-state index is -1.68. The summed E-state index contributed by atoms with van der Waals surface area (Å²) in [5, 5.41) is 14.7. The number of ether oxygens (including phenoxy) is 2. The van der Waals surface area contributed by atoms with Gasteiger partial charge in [0.05, 0.1) is 23.7 Å². The fourth-order valence-corrected chi connectivity index (χ4v) is 4.02. The summed E-state index contributed by atoms with van der Waals surface area (Å²) in [6.07, 6.45) is 0.132. The number of benzene rings is 2. The molecule has 4 rings (SSSR count). The Kier molecular flexibility index (Phi) is 4.93. The number of fused-ring (bicyclic) bond motifs is 2. The van der Waals surface area contributed by atoms with Crippen molar-refractivity contribution in [1.29, 1.82) is 0 Å². The minimum absolute atomic E-state index is 0.0399. The molecule has 9 heteroatoms. The molecular weight excluding hydrogens is 401 g/mol. The molecule has 158 valence electrons. The van der Waals surface area contributed by atoms with E-state index in [0.29, 0.717) is 11.3 Å². The lowest BCUT2D eigenvalue weighted by molar-refractivity contribution is -0.170. The molecular formula is C21H19F3N2O4. The van der Waals surface area contributed by atoms with Crippen molar-refractivity contribution >= 4 is 11.8 Å². The first kappa shape index (κ1) is 20.2. The Bertz CT molecular complexity index is 1060. The van der Waals surface area contributed by atoms with Crippen LogP contribution in [-0.4, -0.2) is 35.1 Å². The third-order valence-corrected chi connectivity index (χ3v) is 5.30. The van der Waals surface area contributed by atoms with Crippen molar-refractivity contribution in [2.75, 3.05) is 13.2 Å². The van der Waals surface area contributed by atoms with Gasteiger partial charge in [-0.2, -0.15) is 5.01 Å². The van der Waals surface area contributed by atoms with Crippen LogP contribution in [0.4, 0.5) is 13.2 Å². The van der Waals surface area contributed by atoms with Gasteiger partial charge in [0.15, 0.2) is 0 Å². The highest BCUT2D eigenvalue weighted by Gasteiger charge is 2.58. The summed E-state index contributed by atoms with van der Waals surface area (Å²) in [7, 11) is 0. The highest BCUT2D eigenvalue weighted by Crippen LogP contribution is 2.51. The molecule has 0 bridgehead atoms. The summed E-state index contributed by atoms with van der Waals surface area (Å²) in [5.41, 5.74) is -1.29. The molecule has 2 aliphatic heterocycles. The Morgan fingerprint density at radius 1 is 1.27 bits per heavy atom. The fraction of sp³-hybridized carbons (Fsp3) is 0.333. The van der Waals surface area contributed by atoms with Crippen LogP contribution in [0.1, 0.15) is 30.0 Å². The second-order valence-corrected chi connectivity index (χ2v) is 7.28. The average molecular weight is 420 g/mol. The van der Waals surface area contributed by atoms with Gasteiger partial charge >= 0.3 is 0 Å². The summed E-state index contributed by atoms with van der Waals surface area (Å²) in [6.45, 7) is 2.65. The fourth-order valence-electron chi connectivity index (χ4n) is 4.02. The van der Waals surface area contributed by atoms with Crippen LogP contribution in [0.2, 0.25) is 0 Å². The summed E-state index contributed by atoms with van der Waals surface area (Å²) < 4.78 is 54.4. The number of amides is 1. The zero-order valence-corrected chi connectivity index (χ0v) is 16.3. The number of carbonyl (C=O) groups excluding carboxylic acids is 1. The van der Waals surface area contributed by atoms with E-state index in [1.807, 2.05) is 0 Å². The first-order valence-electron chi connectivity index (χ1n) is 9.36. The summed E-state index contributed by atoms with van der Waals surface area (Å²) in [4.78, 5) is 12.6. The van der Waals surface area contributed by atoms with Gasteiger partial charge in [0.1, 0.15) is 23.2 Å². The van der Waals surface area contributed by atoms with Crippen LogP contribution in [0.5, 0.6) is 5.75 Å². The van der Waals surface area contributed by atoms with E-state index in [1.165, 1.54) is 19.1 Å². The Labute approximate surface area is 170 Å². The molecule has 0 saturated heterocycles. The molecule has 1 amide bonds. The van der Waals surface area contributed by atoms with Crippen molar-refractivity contribution in [3.05, 3.63) is 64.5 Å². The van der Waals surface area contributed by atoms with Crippen LogP contribution in [0.25, 0.3) is 0 Å². The standard InChI is InChI=1S/C21H19F3N2O4/c1-11-7-15(23)9-17-19(11)29-10-13(5-6-27)21(17)26(12(2)28)25-20(30-21)16-8-14(22)3-4-18(16)24/h3-4,7-9,13,27H,5-6,10H2,1-2H3. The molecule has 0 radical (unpaired) electrons. The van der Waals surface area contributed by atoms with Crippen LogP contribution in [-0.2, 0) is 15.3 Å². The third kappa shape index (κ3) is 3.00. The second kappa shape index (κ2) is 7.32. The largest absolute Gasteiger partial charge is 0.492 e. The van der Waals surface area contributed by atoms with Gasteiger partial charge in [0.2, 0.25) is 17.5 Å². The van der Waals surface area contributed by atoms with Gasteiger partial charge in [-0.3, -0.25) is 4.79 Å². The number of hydrogen-bond acceptors (Lipinski definition) is 5. The van der Waals surface area contributed by atoms with Gasteiger partial charge in [0.25, 0.3) is 0 Å². The molecule has 2 aliphatic rings. The molecule has 1 N–H and O–H groups in total. The maximum Gasteiger partial charge on any atom is 0.244 e. The van der Waals surface area contributed by atoms with Gasteiger partial charge in [-0.15, -0.1) is 5.10 Å². The number of carbonyl (C=O) groups is 1. The van der Waals surface area contributed by atoms with Crippen LogP contribution in [0, 0.1) is 30.3 Å². The molecule has 2 aromatic rings. The monoisotopic (exact) mass is 420 g/mol. The van der Waals surface area contributed by atoms with Gasteiger partial charge < -0.3 is 14.6 Å². The van der Waals surface area contributed by atoms with Crippen LogP contribution in [0.15, 0.2) is 35.4 Å². The molecule has 0 aliphatic carbocycles. The van der Waals surface area contributed by atoms with Gasteiger partial charge in [0, 0.05) is 13.5 Å². The molecule has 2 aromatic carbocycles. The quantitative estimate of drug-likeness (QED) is 0.828. The molecule has 1 spiro atoms. The van der Waals surface area contributed by atoms with Crippen molar-refractivity contribution in [2.24, 2.45) is 11.0 Å². The van der Waals surface area contributed by atoms with E-state index in [9.17, 15) is 23.1 Å². The summed E-state index contributed by atoms with van der Waals surface area (Å²) >= 11 is 0. The molecule has 2 unspecified atom stereocenters. The van der Waals surface area contributed by atoms with E-state index in [1.54, 1.807) is 6.92 Å². The van der Waals surface area contributed by atoms with Crippen molar-refractivity contribution in [2.45, 2.75) is 26.0 Å². The molecule has 0 fully saturated rings. The predicted molar refractivity (Wildman–Crippen MR) is 100 cm³/mol. The highest BCUT2D eigenvalue weighted by molar-refractivity contribution is 5.97. The Balaban J connectivity index is 1.94. The van der Waals surface area contributed by atoms with Gasteiger partial charge in [-0.1, -0.05) is 0 Å². The summed E-state index contributed by atoms with van der Waals surface area (Å²) in [5.74, 6) is -3.31. The molecule has 6 nitrogen and oxygen atoms in total. The highest BCUT2D eigenvalue weighted by atomic mass is 19.1. The Morgan fingerprint density at radius 3 is 2.73 bits per heavy atom. The normalized spacial score (nSPS) is 22.4. The lowest BCUT2D eigenvalue weighted by Crippen LogP contribution is -2.54. The predicted octanol–water partition coefficient (Wildman–Crippen LogP) is 3.20. The van der Waals surface area contributed by atoms with E-state index < -0.39 is 35.0 Å². The third-order valence-electron chi connectivity index (χ3n) is 5.30. The molecule has 0 saturated carbocycles. The zero-order valence-electron chi connectivity index (χ0n) is 16.3. The van der Waals surface area contributed by atoms with Crippen molar-refractivity contribution < 1.29 is 32.5 Å². The first-order chi connectivity index (χ1) is 14.3. The summed E-state index contributed by atoms with van der Waals surface area (Å²) in [6, 6.07) is 5.22. The number of aryl methyl sites for hydroxylation is 1. The Morgan fingerprint density at radius 2 is 2.03 bits per heavy atom. The smallest absolute Gasteiger partial charge is 0.244 e. The van der Waals surface area contributed by atoms with E-state index in [-0.39, 0.29) is 36.7 Å². The maximum atomic E-state index is 14.4. The van der Waals surface area contributed by atoms with Gasteiger partial charge in [-0.05, 0) is 49.2 Å². The zero-order chi connectivity index (χ0) is 21.6. The van der Waals surface area contributed by atoms with E-state index >= 15 is 0 Å². The van der Waals surface area contributed by atoms with Crippen molar-refractivity contribution in [3.8, 4) is 5.75 Å². The van der Waals surface area contributed by atoms with Gasteiger partial charge in [-0.25, -0.2) is 13.2 Å². The van der Waals surface area contributed by atoms with E-state index in [0.717, 1.165) is 23.2 Å². The lowest BCUT2D eigenvalue weighted by atomic mass is 9.82. The number of hydrazone groups is 1. The van der Waals surface area contributed by atoms with E-state index in [2.05, 4.69) is 5.10 Å². The van der Waals surface area contributed by atoms with E-state index in [4.69, 9.17) is 9.47 Å². The first-order valence-corrected chi connectivity index (χ1v) is 9.36. The van der Waals surface area contributed by atoms with Crippen molar-refractivity contribution in [1.82, 2.24) is 5.01 Å². The average Bonchev–Trinajstić information content (AvgIpc) is 3.08. The topological polar surface area (TPSA) is 71.4 Å². The van der Waals surface area contributed by atoms with Crippen LogP contribution >= 0.6 is 0 Å². The number of aliphatic hydroxyl groups is 1. The molecule has 2 heterocycles. The number of rotatable bonds is 3. The SMILES string of the molecule is CC(=O)N1N=C(c2cc(F)ccc2F)OC12c1cc(F)cc(C)c1OCC2CCO. The Hall–Kier alpha value is -3.07. The number of hydrogen-bond donors (Lipinski definition) is 1. The van der Waals surface area contributed by atoms with Crippen LogP contribution < -0.4 is 4.74 Å². The molecule has 30 heavy (non-hydrogen) atoms.